The first kappa shape index (κ1) is 66.9. The minimum absolute atomic E-state index is 0.0677. The van der Waals surface area contributed by atoms with Crippen LogP contribution in [0.4, 0.5) is 0 Å². The quantitative estimate of drug-likeness (QED) is 0.0261. The molecule has 0 fully saturated rings. The summed E-state index contributed by atoms with van der Waals surface area (Å²) in [6.45, 7) is 6.68. The van der Waals surface area contributed by atoms with E-state index in [9.17, 15) is 14.4 Å². The Morgan fingerprint density at radius 3 is 0.725 bits per heavy atom. The largest absolute Gasteiger partial charge is 0.462 e. The maximum absolute atomic E-state index is 12.9. The molecule has 69 heavy (non-hydrogen) atoms. The molecule has 1 atom stereocenters. The molecule has 0 unspecified atom stereocenters. The number of esters is 3. The fraction of sp³-hybridized carbons (Fsp3) is 0.889. The van der Waals surface area contributed by atoms with E-state index in [1.807, 2.05) is 0 Å². The first-order chi connectivity index (χ1) is 34.0. The van der Waals surface area contributed by atoms with E-state index in [-0.39, 0.29) is 31.1 Å². The highest BCUT2D eigenvalue weighted by Crippen LogP contribution is 2.17. The van der Waals surface area contributed by atoms with Crippen LogP contribution >= 0.6 is 0 Å². The van der Waals surface area contributed by atoms with E-state index >= 15 is 0 Å². The Hall–Kier alpha value is -2.11. The standard InChI is InChI=1S/C63H118O6/c1-4-7-10-13-16-19-22-25-27-29-31-33-35-38-41-44-47-50-53-56-62(65)68-59-60(58-67-61(64)55-52-49-46-43-40-37-24-21-18-15-12-9-6-3)69-63(66)57-54-51-48-45-42-39-36-34-32-30-28-26-23-20-17-14-11-8-5-2/h25-28,60H,4-24,29-59H2,1-3H3/b27-25-,28-26-/t60-/m1/s1. The van der Waals surface area contributed by atoms with Crippen molar-refractivity contribution in [2.24, 2.45) is 0 Å². The van der Waals surface area contributed by atoms with Crippen LogP contribution in [0.1, 0.15) is 342 Å². The lowest BCUT2D eigenvalue weighted by Crippen LogP contribution is -2.30. The zero-order chi connectivity index (χ0) is 50.0. The van der Waals surface area contributed by atoms with E-state index in [0.717, 1.165) is 57.8 Å². The SMILES string of the molecule is CCCCCCCC/C=C\CCCCCCCCCCCC(=O)OC[C@@H](COC(=O)CCCCCCCCCCCCCCC)OC(=O)CCCCCCCCCCC/C=C\CCCCCCCC. The summed E-state index contributed by atoms with van der Waals surface area (Å²) >= 11 is 0. The van der Waals surface area contributed by atoms with Gasteiger partial charge in [0.2, 0.25) is 0 Å². The van der Waals surface area contributed by atoms with Crippen LogP contribution < -0.4 is 0 Å². The van der Waals surface area contributed by atoms with Crippen LogP contribution in [0.25, 0.3) is 0 Å². The van der Waals surface area contributed by atoms with Gasteiger partial charge in [0.15, 0.2) is 6.10 Å². The molecule has 0 radical (unpaired) electrons. The van der Waals surface area contributed by atoms with Crippen molar-refractivity contribution in [3.05, 3.63) is 24.3 Å². The van der Waals surface area contributed by atoms with Gasteiger partial charge in [-0.15, -0.1) is 0 Å². The Labute approximate surface area is 430 Å². The van der Waals surface area contributed by atoms with Gasteiger partial charge in [-0.1, -0.05) is 276 Å². The van der Waals surface area contributed by atoms with Crippen molar-refractivity contribution in [1.82, 2.24) is 0 Å². The highest BCUT2D eigenvalue weighted by molar-refractivity contribution is 5.71. The molecule has 0 aliphatic heterocycles. The molecule has 0 saturated carbocycles. The van der Waals surface area contributed by atoms with Gasteiger partial charge in [0, 0.05) is 19.3 Å². The van der Waals surface area contributed by atoms with Gasteiger partial charge in [-0.3, -0.25) is 14.4 Å². The number of hydrogen-bond donors (Lipinski definition) is 0. The van der Waals surface area contributed by atoms with Crippen LogP contribution in [0.2, 0.25) is 0 Å². The molecule has 0 amide bonds. The first-order valence-electron chi connectivity index (χ1n) is 30.8. The maximum Gasteiger partial charge on any atom is 0.306 e. The van der Waals surface area contributed by atoms with Crippen molar-refractivity contribution in [3.63, 3.8) is 0 Å². The number of rotatable bonds is 57. The van der Waals surface area contributed by atoms with Gasteiger partial charge < -0.3 is 14.2 Å². The monoisotopic (exact) mass is 971 g/mol. The average Bonchev–Trinajstić information content (AvgIpc) is 3.35. The van der Waals surface area contributed by atoms with Crippen LogP contribution in [-0.4, -0.2) is 37.2 Å². The van der Waals surface area contributed by atoms with E-state index in [1.54, 1.807) is 0 Å². The number of unbranched alkanes of at least 4 members (excludes halogenated alkanes) is 42. The van der Waals surface area contributed by atoms with Gasteiger partial charge in [0.05, 0.1) is 0 Å². The lowest BCUT2D eigenvalue weighted by atomic mass is 10.0. The second-order valence-corrected chi connectivity index (χ2v) is 21.0. The van der Waals surface area contributed by atoms with Crippen LogP contribution in [0.15, 0.2) is 24.3 Å². The third-order valence-electron chi connectivity index (χ3n) is 13.9. The normalized spacial score (nSPS) is 12.1. The van der Waals surface area contributed by atoms with Crippen LogP contribution in [0.5, 0.6) is 0 Å². The zero-order valence-corrected chi connectivity index (χ0v) is 46.6. The van der Waals surface area contributed by atoms with Crippen LogP contribution in [0, 0.1) is 0 Å². The van der Waals surface area contributed by atoms with Crippen LogP contribution in [0.3, 0.4) is 0 Å². The predicted molar refractivity (Wildman–Crippen MR) is 298 cm³/mol. The molecule has 0 aliphatic rings. The van der Waals surface area contributed by atoms with Gasteiger partial charge in [-0.25, -0.2) is 0 Å². The number of allylic oxidation sites excluding steroid dienone is 4. The average molecular weight is 972 g/mol. The van der Waals surface area contributed by atoms with Crippen molar-refractivity contribution < 1.29 is 28.6 Å². The lowest BCUT2D eigenvalue weighted by Gasteiger charge is -2.18. The van der Waals surface area contributed by atoms with Crippen LogP contribution in [-0.2, 0) is 28.6 Å². The smallest absolute Gasteiger partial charge is 0.306 e. The fourth-order valence-corrected chi connectivity index (χ4v) is 9.26. The minimum atomic E-state index is -0.769. The number of hydrogen-bond acceptors (Lipinski definition) is 6. The molecule has 0 aromatic carbocycles. The van der Waals surface area contributed by atoms with Crippen molar-refractivity contribution >= 4 is 17.9 Å². The summed E-state index contributed by atoms with van der Waals surface area (Å²) in [7, 11) is 0. The molecule has 0 aliphatic carbocycles. The summed E-state index contributed by atoms with van der Waals surface area (Å²) < 4.78 is 16.9. The third kappa shape index (κ3) is 56.7. The van der Waals surface area contributed by atoms with E-state index in [4.69, 9.17) is 14.2 Å². The summed E-state index contributed by atoms with van der Waals surface area (Å²) in [5.74, 6) is -0.849. The van der Waals surface area contributed by atoms with Gasteiger partial charge >= 0.3 is 17.9 Å². The maximum atomic E-state index is 12.9. The Balaban J connectivity index is 4.30. The zero-order valence-electron chi connectivity index (χ0n) is 46.6. The molecular weight excluding hydrogens is 853 g/mol. The molecule has 6 heteroatoms. The molecule has 0 aromatic heterocycles. The molecule has 0 heterocycles. The molecule has 0 aromatic rings. The van der Waals surface area contributed by atoms with E-state index in [2.05, 4.69) is 45.1 Å². The van der Waals surface area contributed by atoms with Gasteiger partial charge in [0.1, 0.15) is 13.2 Å². The Morgan fingerprint density at radius 2 is 0.478 bits per heavy atom. The molecule has 406 valence electrons. The van der Waals surface area contributed by atoms with Crippen molar-refractivity contribution in [2.45, 2.75) is 348 Å². The summed E-state index contributed by atoms with van der Waals surface area (Å²) in [4.78, 5) is 38.2. The molecule has 6 nitrogen and oxygen atoms in total. The van der Waals surface area contributed by atoms with Gasteiger partial charge in [-0.2, -0.15) is 0 Å². The number of ether oxygens (including phenoxy) is 3. The highest BCUT2D eigenvalue weighted by atomic mass is 16.6. The summed E-state index contributed by atoms with van der Waals surface area (Å²) in [5.41, 5.74) is 0. The summed E-state index contributed by atoms with van der Waals surface area (Å²) in [6, 6.07) is 0. The second-order valence-electron chi connectivity index (χ2n) is 21.0. The first-order valence-corrected chi connectivity index (χ1v) is 30.8. The number of carbonyl (C=O) groups is 3. The topological polar surface area (TPSA) is 78.9 Å². The Morgan fingerprint density at radius 1 is 0.275 bits per heavy atom. The molecule has 0 N–H and O–H groups in total. The van der Waals surface area contributed by atoms with Gasteiger partial charge in [-0.05, 0) is 70.6 Å². The van der Waals surface area contributed by atoms with Crippen molar-refractivity contribution in [2.75, 3.05) is 13.2 Å². The van der Waals surface area contributed by atoms with E-state index in [0.29, 0.717) is 19.3 Å². The molecule has 0 rings (SSSR count). The lowest BCUT2D eigenvalue weighted by molar-refractivity contribution is -0.167. The third-order valence-corrected chi connectivity index (χ3v) is 13.9. The van der Waals surface area contributed by atoms with E-state index in [1.165, 1.54) is 244 Å². The van der Waals surface area contributed by atoms with E-state index < -0.39 is 6.10 Å². The number of carbonyl (C=O) groups excluding carboxylic acids is 3. The fourth-order valence-electron chi connectivity index (χ4n) is 9.26. The minimum Gasteiger partial charge on any atom is -0.462 e. The Bertz CT molecular complexity index is 1110. The van der Waals surface area contributed by atoms with Crippen molar-refractivity contribution in [1.29, 1.82) is 0 Å². The summed E-state index contributed by atoms with van der Waals surface area (Å²) in [6.07, 6.45) is 68.9. The predicted octanol–water partition coefficient (Wildman–Crippen LogP) is 20.7. The Kier molecular flexibility index (Phi) is 56.7. The van der Waals surface area contributed by atoms with Gasteiger partial charge in [0.25, 0.3) is 0 Å². The molecule has 0 saturated heterocycles. The van der Waals surface area contributed by atoms with Crippen molar-refractivity contribution in [3.8, 4) is 0 Å². The molecular formula is C63H118O6. The molecule has 0 bridgehead atoms. The molecule has 0 spiro atoms. The highest BCUT2D eigenvalue weighted by Gasteiger charge is 2.19. The second kappa shape index (κ2) is 58.5. The summed E-state index contributed by atoms with van der Waals surface area (Å²) in [5, 5.41) is 0.